The van der Waals surface area contributed by atoms with Gasteiger partial charge in [0.1, 0.15) is 0 Å². The molecule has 2 fully saturated rings. The highest BCUT2D eigenvalue weighted by atomic mass is 16.6. The van der Waals surface area contributed by atoms with Crippen LogP contribution in [-0.2, 0) is 9.53 Å². The summed E-state index contributed by atoms with van der Waals surface area (Å²) in [6, 6.07) is 0. The van der Waals surface area contributed by atoms with Gasteiger partial charge in [-0.15, -0.1) is 0 Å². The Morgan fingerprint density at radius 3 is 2.36 bits per heavy atom. The van der Waals surface area contributed by atoms with Gasteiger partial charge in [0.05, 0.1) is 0 Å². The highest BCUT2D eigenvalue weighted by molar-refractivity contribution is 5.75. The Labute approximate surface area is 83.2 Å². The van der Waals surface area contributed by atoms with E-state index in [1.807, 2.05) is 0 Å². The lowest BCUT2D eigenvalue weighted by molar-refractivity contribution is -0.117. The Balaban J connectivity index is 1.85. The maximum Gasteiger partial charge on any atom is 0.410 e. The third-order valence-electron chi connectivity index (χ3n) is 2.86. The monoisotopic (exact) mass is 197 g/mol. The van der Waals surface area contributed by atoms with Crippen LogP contribution in [0.4, 0.5) is 4.79 Å². The number of ether oxygens (including phenoxy) is 1. The van der Waals surface area contributed by atoms with E-state index in [2.05, 4.69) is 0 Å². The van der Waals surface area contributed by atoms with Gasteiger partial charge in [-0.1, -0.05) is 0 Å². The number of carbonyl (C=O) groups is 2. The van der Waals surface area contributed by atoms with Crippen LogP contribution in [0, 0.1) is 0 Å². The number of amides is 1. The second-order valence-electron chi connectivity index (χ2n) is 4.10. The van der Waals surface area contributed by atoms with E-state index in [9.17, 15) is 9.59 Å². The number of nitrogens with zero attached hydrogens (tertiary/aromatic N) is 1. The van der Waals surface area contributed by atoms with Crippen LogP contribution >= 0.6 is 0 Å². The molecule has 0 radical (unpaired) electrons. The Morgan fingerprint density at radius 2 is 1.86 bits per heavy atom. The van der Waals surface area contributed by atoms with Crippen molar-refractivity contribution in [1.29, 1.82) is 0 Å². The van der Waals surface area contributed by atoms with E-state index in [1.165, 1.54) is 6.42 Å². The molecule has 0 bridgehead atoms. The lowest BCUT2D eigenvalue weighted by Crippen LogP contribution is -2.38. The van der Waals surface area contributed by atoms with Gasteiger partial charge < -0.3 is 9.64 Å². The van der Waals surface area contributed by atoms with Crippen LogP contribution in [0.2, 0.25) is 0 Å². The first kappa shape index (κ1) is 9.49. The maximum absolute atomic E-state index is 11.6. The van der Waals surface area contributed by atoms with Gasteiger partial charge in [0.25, 0.3) is 0 Å². The smallest absolute Gasteiger partial charge is 0.410 e. The summed E-state index contributed by atoms with van der Waals surface area (Å²) in [6.45, 7) is 1.54. The maximum atomic E-state index is 11.6. The number of piperidine rings is 1. The molecule has 78 valence electrons. The summed E-state index contributed by atoms with van der Waals surface area (Å²) in [5.41, 5.74) is -0.755. The van der Waals surface area contributed by atoms with E-state index in [-0.39, 0.29) is 6.09 Å². The van der Waals surface area contributed by atoms with E-state index in [4.69, 9.17) is 4.74 Å². The number of rotatable bonds is 2. The molecular formula is C10H15NO3. The molecule has 1 saturated carbocycles. The van der Waals surface area contributed by atoms with Crippen LogP contribution in [-0.4, -0.2) is 36.0 Å². The van der Waals surface area contributed by atoms with Gasteiger partial charge in [0.2, 0.25) is 0 Å². The standard InChI is InChI=1S/C10H15NO3/c12-8-10(4-5-10)14-9(13)11-6-2-1-3-7-11/h8H,1-7H2. The van der Waals surface area contributed by atoms with E-state index >= 15 is 0 Å². The molecule has 14 heavy (non-hydrogen) atoms. The molecule has 0 unspecified atom stereocenters. The molecule has 0 aromatic rings. The molecule has 2 rings (SSSR count). The van der Waals surface area contributed by atoms with Gasteiger partial charge in [0, 0.05) is 13.1 Å². The highest BCUT2D eigenvalue weighted by Gasteiger charge is 2.47. The van der Waals surface area contributed by atoms with Gasteiger partial charge in [-0.05, 0) is 32.1 Å². The molecule has 4 nitrogen and oxygen atoms in total. The number of hydrogen-bond donors (Lipinski definition) is 0. The third-order valence-corrected chi connectivity index (χ3v) is 2.86. The average Bonchev–Trinajstić information content (AvgIpc) is 3.00. The fraction of sp³-hybridized carbons (Fsp3) is 0.800. The Bertz CT molecular complexity index is 242. The molecule has 0 atom stereocenters. The minimum absolute atomic E-state index is 0.311. The van der Waals surface area contributed by atoms with E-state index in [0.717, 1.165) is 32.2 Å². The summed E-state index contributed by atoms with van der Waals surface area (Å²) >= 11 is 0. The van der Waals surface area contributed by atoms with Crippen molar-refractivity contribution in [2.75, 3.05) is 13.1 Å². The molecule has 1 aliphatic carbocycles. The van der Waals surface area contributed by atoms with Crippen LogP contribution in [0.3, 0.4) is 0 Å². The number of likely N-dealkylation sites (tertiary alicyclic amines) is 1. The molecule has 1 aliphatic heterocycles. The van der Waals surface area contributed by atoms with Crippen molar-refractivity contribution in [3.05, 3.63) is 0 Å². The first-order valence-corrected chi connectivity index (χ1v) is 5.20. The number of hydrogen-bond acceptors (Lipinski definition) is 3. The Morgan fingerprint density at radius 1 is 1.21 bits per heavy atom. The molecule has 1 amide bonds. The number of carbonyl (C=O) groups excluding carboxylic acids is 2. The first-order chi connectivity index (χ1) is 6.76. The summed E-state index contributed by atoms with van der Waals surface area (Å²) in [6.07, 6.45) is 5.10. The lowest BCUT2D eigenvalue weighted by atomic mass is 10.1. The van der Waals surface area contributed by atoms with Crippen LogP contribution < -0.4 is 0 Å². The van der Waals surface area contributed by atoms with E-state index in [1.54, 1.807) is 4.90 Å². The minimum Gasteiger partial charge on any atom is -0.435 e. The van der Waals surface area contributed by atoms with E-state index < -0.39 is 5.60 Å². The third kappa shape index (κ3) is 1.89. The predicted octanol–water partition coefficient (Wildman–Crippen LogP) is 1.34. The molecular weight excluding hydrogens is 182 g/mol. The molecule has 2 aliphatic rings. The van der Waals surface area contributed by atoms with Crippen LogP contribution in [0.1, 0.15) is 32.1 Å². The molecule has 0 aromatic carbocycles. The van der Waals surface area contributed by atoms with Gasteiger partial charge >= 0.3 is 6.09 Å². The zero-order chi connectivity index (χ0) is 10.0. The van der Waals surface area contributed by atoms with Gasteiger partial charge in [0.15, 0.2) is 11.9 Å². The summed E-state index contributed by atoms with van der Waals surface area (Å²) in [7, 11) is 0. The molecule has 1 saturated heterocycles. The molecule has 0 aromatic heterocycles. The summed E-state index contributed by atoms with van der Waals surface area (Å²) < 4.78 is 5.16. The normalized spacial score (nSPS) is 24.1. The zero-order valence-corrected chi connectivity index (χ0v) is 8.20. The van der Waals surface area contributed by atoms with E-state index in [0.29, 0.717) is 12.8 Å². The molecule has 4 heteroatoms. The van der Waals surface area contributed by atoms with Gasteiger partial charge in [-0.2, -0.15) is 0 Å². The second kappa shape index (κ2) is 3.59. The fourth-order valence-electron chi connectivity index (χ4n) is 1.68. The molecule has 0 N–H and O–H groups in total. The number of aldehydes is 1. The molecule has 0 spiro atoms. The largest absolute Gasteiger partial charge is 0.435 e. The summed E-state index contributed by atoms with van der Waals surface area (Å²) in [4.78, 5) is 23.9. The van der Waals surface area contributed by atoms with Crippen LogP contribution in [0.25, 0.3) is 0 Å². The minimum atomic E-state index is -0.755. The second-order valence-corrected chi connectivity index (χ2v) is 4.10. The SMILES string of the molecule is O=CC1(OC(=O)N2CCCCC2)CC1. The van der Waals surface area contributed by atoms with Crippen LogP contribution in [0.5, 0.6) is 0 Å². The van der Waals surface area contributed by atoms with Crippen molar-refractivity contribution < 1.29 is 14.3 Å². The molecule has 1 heterocycles. The van der Waals surface area contributed by atoms with Crippen molar-refractivity contribution in [2.45, 2.75) is 37.7 Å². The van der Waals surface area contributed by atoms with Crippen molar-refractivity contribution in [3.63, 3.8) is 0 Å². The first-order valence-electron chi connectivity index (χ1n) is 5.20. The lowest BCUT2D eigenvalue weighted by Gasteiger charge is -2.27. The average molecular weight is 197 g/mol. The quantitative estimate of drug-likeness (QED) is 0.627. The van der Waals surface area contributed by atoms with Crippen molar-refractivity contribution in [1.82, 2.24) is 4.90 Å². The van der Waals surface area contributed by atoms with Gasteiger partial charge in [-0.25, -0.2) is 4.79 Å². The van der Waals surface area contributed by atoms with Crippen molar-refractivity contribution in [2.24, 2.45) is 0 Å². The van der Waals surface area contributed by atoms with Crippen molar-refractivity contribution in [3.8, 4) is 0 Å². The summed E-state index contributed by atoms with van der Waals surface area (Å²) in [5.74, 6) is 0. The van der Waals surface area contributed by atoms with Crippen LogP contribution in [0.15, 0.2) is 0 Å². The zero-order valence-electron chi connectivity index (χ0n) is 8.20. The van der Waals surface area contributed by atoms with Gasteiger partial charge in [-0.3, -0.25) is 4.79 Å². The predicted molar refractivity (Wildman–Crippen MR) is 49.9 cm³/mol. The highest BCUT2D eigenvalue weighted by Crippen LogP contribution is 2.37. The topological polar surface area (TPSA) is 46.6 Å². The Kier molecular flexibility index (Phi) is 2.44. The summed E-state index contributed by atoms with van der Waals surface area (Å²) in [5, 5.41) is 0. The fourth-order valence-corrected chi connectivity index (χ4v) is 1.68. The Hall–Kier alpha value is -1.06. The van der Waals surface area contributed by atoms with Crippen molar-refractivity contribution >= 4 is 12.4 Å².